The van der Waals surface area contributed by atoms with Crippen molar-refractivity contribution in [3.05, 3.63) is 89.7 Å². The first-order valence-corrected chi connectivity index (χ1v) is 10.5. The molecule has 0 spiro atoms. The number of thiazole rings is 1. The first kappa shape index (κ1) is 19.0. The Morgan fingerprint density at radius 2 is 1.97 bits per heavy atom. The van der Waals surface area contributed by atoms with Crippen LogP contribution in [0.2, 0.25) is 0 Å². The smallest absolute Gasteiger partial charge is 0.355 e. The summed E-state index contributed by atoms with van der Waals surface area (Å²) in [6, 6.07) is 19.9. The van der Waals surface area contributed by atoms with E-state index in [2.05, 4.69) is 15.3 Å². The summed E-state index contributed by atoms with van der Waals surface area (Å²) in [6.45, 7) is 0.638. The van der Waals surface area contributed by atoms with Gasteiger partial charge in [-0.25, -0.2) is 14.5 Å². The van der Waals surface area contributed by atoms with E-state index < -0.39 is 5.97 Å². The molecule has 0 atom stereocenters. The minimum Gasteiger partial charge on any atom is -0.476 e. The van der Waals surface area contributed by atoms with E-state index >= 15 is 0 Å². The van der Waals surface area contributed by atoms with E-state index in [-0.39, 0.29) is 5.69 Å². The summed E-state index contributed by atoms with van der Waals surface area (Å²) >= 11 is 1.25. The van der Waals surface area contributed by atoms with E-state index in [1.807, 2.05) is 66.9 Å². The van der Waals surface area contributed by atoms with Crippen LogP contribution in [0.4, 0.5) is 5.69 Å². The third kappa shape index (κ3) is 3.76. The van der Waals surface area contributed by atoms with Gasteiger partial charge in [-0.05, 0) is 29.8 Å². The largest absolute Gasteiger partial charge is 0.476 e. The zero-order valence-corrected chi connectivity index (χ0v) is 17.1. The fraction of sp³-hybridized carbons (Fsp3) is 0.0435. The van der Waals surface area contributed by atoms with Crippen LogP contribution in [0.3, 0.4) is 0 Å². The molecule has 0 unspecified atom stereocenters. The molecule has 2 N–H and O–H groups in total. The second kappa shape index (κ2) is 8.00. The standard InChI is InChI=1S/C23H17N5O2S/c29-22(30)19-14-31-23(26-19)28-20-11-17(25-13-15-5-4-10-24-12-15)8-9-18(20)21(27-28)16-6-2-1-3-7-16/h1-12,14,25H,13H2,(H,29,30). The number of anilines is 1. The average molecular weight is 427 g/mol. The molecule has 3 heterocycles. The number of aromatic nitrogens is 4. The fourth-order valence-corrected chi connectivity index (χ4v) is 4.11. The summed E-state index contributed by atoms with van der Waals surface area (Å²) in [5, 5.41) is 20.5. The molecule has 2 aromatic carbocycles. The van der Waals surface area contributed by atoms with Crippen molar-refractivity contribution < 1.29 is 9.90 Å². The van der Waals surface area contributed by atoms with E-state index in [9.17, 15) is 9.90 Å². The molecule has 0 saturated heterocycles. The lowest BCUT2D eigenvalue weighted by atomic mass is 10.1. The monoisotopic (exact) mass is 427 g/mol. The number of benzene rings is 2. The molecule has 0 fully saturated rings. The molecule has 0 radical (unpaired) electrons. The van der Waals surface area contributed by atoms with Gasteiger partial charge in [0.05, 0.1) is 5.52 Å². The van der Waals surface area contributed by atoms with Crippen LogP contribution in [0, 0.1) is 0 Å². The minimum atomic E-state index is -1.05. The predicted molar refractivity (Wildman–Crippen MR) is 121 cm³/mol. The van der Waals surface area contributed by atoms with Crippen LogP contribution in [0.1, 0.15) is 16.1 Å². The Labute approximate surface area is 181 Å². The lowest BCUT2D eigenvalue weighted by molar-refractivity contribution is 0.0691. The second-order valence-corrected chi connectivity index (χ2v) is 7.73. The number of fused-ring (bicyclic) bond motifs is 1. The number of nitrogens with one attached hydrogen (secondary N) is 1. The zero-order valence-electron chi connectivity index (χ0n) is 16.3. The molecule has 31 heavy (non-hydrogen) atoms. The maximum Gasteiger partial charge on any atom is 0.355 e. The van der Waals surface area contributed by atoms with Gasteiger partial charge in [-0.1, -0.05) is 36.4 Å². The van der Waals surface area contributed by atoms with E-state index in [1.165, 1.54) is 16.7 Å². The molecule has 5 rings (SSSR count). The topological polar surface area (TPSA) is 92.9 Å². The molecular formula is C23H17N5O2S. The summed E-state index contributed by atoms with van der Waals surface area (Å²) in [5.41, 5.74) is 4.66. The summed E-state index contributed by atoms with van der Waals surface area (Å²) in [7, 11) is 0. The maximum absolute atomic E-state index is 11.3. The normalized spacial score (nSPS) is 11.0. The first-order valence-electron chi connectivity index (χ1n) is 9.59. The van der Waals surface area contributed by atoms with Crippen molar-refractivity contribution in [3.8, 4) is 16.4 Å². The van der Waals surface area contributed by atoms with E-state index in [1.54, 1.807) is 10.9 Å². The van der Waals surface area contributed by atoms with Gasteiger partial charge in [0.15, 0.2) is 5.69 Å². The van der Waals surface area contributed by atoms with Crippen molar-refractivity contribution in [2.75, 3.05) is 5.32 Å². The quantitative estimate of drug-likeness (QED) is 0.402. The van der Waals surface area contributed by atoms with Gasteiger partial charge in [-0.15, -0.1) is 11.3 Å². The highest BCUT2D eigenvalue weighted by atomic mass is 32.1. The third-order valence-electron chi connectivity index (χ3n) is 4.84. The summed E-state index contributed by atoms with van der Waals surface area (Å²) in [5.74, 6) is -1.05. The number of nitrogens with zero attached hydrogens (tertiary/aromatic N) is 4. The molecule has 3 aromatic heterocycles. The molecule has 0 aliphatic heterocycles. The van der Waals surface area contributed by atoms with Gasteiger partial charge < -0.3 is 10.4 Å². The lowest BCUT2D eigenvalue weighted by Crippen LogP contribution is -2.01. The SMILES string of the molecule is O=C(O)c1csc(-n2nc(-c3ccccc3)c3ccc(NCc4cccnc4)cc32)n1. The van der Waals surface area contributed by atoms with Gasteiger partial charge in [-0.2, -0.15) is 5.10 Å². The highest BCUT2D eigenvalue weighted by Crippen LogP contribution is 2.32. The van der Waals surface area contributed by atoms with Crippen LogP contribution in [0.5, 0.6) is 0 Å². The Bertz CT molecular complexity index is 1360. The number of carbonyl (C=O) groups is 1. The van der Waals surface area contributed by atoms with Crippen molar-refractivity contribution in [2.45, 2.75) is 6.54 Å². The Morgan fingerprint density at radius 3 is 2.71 bits per heavy atom. The van der Waals surface area contributed by atoms with Crippen molar-refractivity contribution in [2.24, 2.45) is 0 Å². The van der Waals surface area contributed by atoms with Crippen molar-refractivity contribution >= 4 is 33.9 Å². The summed E-state index contributed by atoms with van der Waals surface area (Å²) in [4.78, 5) is 19.7. The van der Waals surface area contributed by atoms with Crippen molar-refractivity contribution in [1.82, 2.24) is 19.7 Å². The molecular weight excluding hydrogens is 410 g/mol. The van der Waals surface area contributed by atoms with E-state index in [0.29, 0.717) is 11.7 Å². The fourth-order valence-electron chi connectivity index (χ4n) is 3.35. The number of pyridine rings is 1. The molecule has 0 amide bonds. The van der Waals surface area contributed by atoms with Crippen LogP contribution in [-0.4, -0.2) is 30.8 Å². The minimum absolute atomic E-state index is 0.00997. The molecule has 152 valence electrons. The molecule has 5 aromatic rings. The van der Waals surface area contributed by atoms with Crippen LogP contribution < -0.4 is 5.32 Å². The first-order chi connectivity index (χ1) is 15.2. The van der Waals surface area contributed by atoms with Crippen LogP contribution in [0.25, 0.3) is 27.3 Å². The highest BCUT2D eigenvalue weighted by molar-refractivity contribution is 7.12. The molecule has 0 aliphatic rings. The number of aromatic carboxylic acids is 1. The van der Waals surface area contributed by atoms with Gasteiger partial charge in [0, 0.05) is 41.0 Å². The van der Waals surface area contributed by atoms with Gasteiger partial charge in [-0.3, -0.25) is 4.98 Å². The number of hydrogen-bond donors (Lipinski definition) is 2. The Morgan fingerprint density at radius 1 is 1.10 bits per heavy atom. The van der Waals surface area contributed by atoms with Crippen molar-refractivity contribution in [1.29, 1.82) is 0 Å². The summed E-state index contributed by atoms with van der Waals surface area (Å²) in [6.07, 6.45) is 3.57. The zero-order chi connectivity index (χ0) is 21.2. The second-order valence-electron chi connectivity index (χ2n) is 6.89. The maximum atomic E-state index is 11.3. The third-order valence-corrected chi connectivity index (χ3v) is 5.66. The number of carboxylic acids is 1. The Kier molecular flexibility index (Phi) is 4.89. The Balaban J connectivity index is 1.60. The van der Waals surface area contributed by atoms with Crippen molar-refractivity contribution in [3.63, 3.8) is 0 Å². The van der Waals surface area contributed by atoms with Crippen LogP contribution in [0.15, 0.2) is 78.4 Å². The number of carboxylic acid groups (broad SMARTS) is 1. The van der Waals surface area contributed by atoms with E-state index in [0.717, 1.165) is 33.4 Å². The molecule has 0 aliphatic carbocycles. The van der Waals surface area contributed by atoms with Gasteiger partial charge >= 0.3 is 5.97 Å². The lowest BCUT2D eigenvalue weighted by Gasteiger charge is -2.07. The van der Waals surface area contributed by atoms with Crippen LogP contribution in [-0.2, 0) is 6.54 Å². The van der Waals surface area contributed by atoms with Gasteiger partial charge in [0.1, 0.15) is 5.69 Å². The van der Waals surface area contributed by atoms with Gasteiger partial charge in [0.2, 0.25) is 5.13 Å². The number of rotatable bonds is 6. The molecule has 7 nitrogen and oxygen atoms in total. The molecule has 0 bridgehead atoms. The predicted octanol–water partition coefficient (Wildman–Crippen LogP) is 4.85. The summed E-state index contributed by atoms with van der Waals surface area (Å²) < 4.78 is 1.71. The highest BCUT2D eigenvalue weighted by Gasteiger charge is 2.17. The molecule has 8 heteroatoms. The Hall–Kier alpha value is -4.04. The molecule has 0 saturated carbocycles. The average Bonchev–Trinajstić information content (AvgIpc) is 3.44. The van der Waals surface area contributed by atoms with Gasteiger partial charge in [0.25, 0.3) is 0 Å². The number of hydrogen-bond acceptors (Lipinski definition) is 6. The van der Waals surface area contributed by atoms with E-state index in [4.69, 9.17) is 5.10 Å². The van der Waals surface area contributed by atoms with Crippen LogP contribution >= 0.6 is 11.3 Å².